The molecule has 2 aromatic rings. The Morgan fingerprint density at radius 1 is 0.966 bits per heavy atom. The Bertz CT molecular complexity index is 863. The van der Waals surface area contributed by atoms with Gasteiger partial charge in [0.15, 0.2) is 0 Å². The number of aromatic hydroxyl groups is 1. The zero-order valence-electron chi connectivity index (χ0n) is 16.5. The number of carbonyl (C=O) groups excluding carboxylic acids is 2. The van der Waals surface area contributed by atoms with Gasteiger partial charge in [-0.05, 0) is 24.1 Å². The van der Waals surface area contributed by atoms with Crippen molar-refractivity contribution in [1.82, 2.24) is 9.80 Å². The third-order valence-electron chi connectivity index (χ3n) is 5.89. The number of para-hydroxylation sites is 2. The lowest BCUT2D eigenvalue weighted by Gasteiger charge is -2.37. The van der Waals surface area contributed by atoms with Gasteiger partial charge in [0.1, 0.15) is 5.75 Å². The molecule has 152 valence electrons. The van der Waals surface area contributed by atoms with Crippen molar-refractivity contribution in [3.05, 3.63) is 60.2 Å². The van der Waals surface area contributed by atoms with Crippen molar-refractivity contribution in [2.75, 3.05) is 44.2 Å². The highest BCUT2D eigenvalue weighted by molar-refractivity contribution is 5.89. The minimum atomic E-state index is -0.241. The highest BCUT2D eigenvalue weighted by atomic mass is 16.3. The molecule has 1 atom stereocenters. The summed E-state index contributed by atoms with van der Waals surface area (Å²) in [5.74, 6) is 0.183. The number of hydrogen-bond acceptors (Lipinski definition) is 4. The smallest absolute Gasteiger partial charge is 0.228 e. The maximum absolute atomic E-state index is 13.0. The molecule has 0 radical (unpaired) electrons. The summed E-state index contributed by atoms with van der Waals surface area (Å²) < 4.78 is 0. The van der Waals surface area contributed by atoms with E-state index in [9.17, 15) is 14.7 Å². The number of phenols is 1. The third-order valence-corrected chi connectivity index (χ3v) is 5.89. The summed E-state index contributed by atoms with van der Waals surface area (Å²) in [6.07, 6.45) is 1.13. The second kappa shape index (κ2) is 8.55. The number of piperazine rings is 1. The number of carbonyl (C=O) groups is 2. The lowest BCUT2D eigenvalue weighted by molar-refractivity contribution is -0.136. The number of phenolic OH excluding ortho intramolecular Hbond substituents is 1. The van der Waals surface area contributed by atoms with Crippen molar-refractivity contribution in [3.63, 3.8) is 0 Å². The van der Waals surface area contributed by atoms with Gasteiger partial charge in [-0.3, -0.25) is 9.59 Å². The largest absolute Gasteiger partial charge is 0.506 e. The van der Waals surface area contributed by atoms with E-state index in [1.165, 1.54) is 5.56 Å². The van der Waals surface area contributed by atoms with Crippen LogP contribution in [0.3, 0.4) is 0 Å². The first-order chi connectivity index (χ1) is 14.1. The highest BCUT2D eigenvalue weighted by Gasteiger charge is 2.37. The minimum Gasteiger partial charge on any atom is -0.506 e. The Morgan fingerprint density at radius 2 is 1.66 bits per heavy atom. The van der Waals surface area contributed by atoms with E-state index in [4.69, 9.17) is 0 Å². The van der Waals surface area contributed by atoms with Gasteiger partial charge in [0.2, 0.25) is 11.8 Å². The molecule has 2 heterocycles. The van der Waals surface area contributed by atoms with E-state index < -0.39 is 0 Å². The quantitative estimate of drug-likeness (QED) is 0.845. The van der Waals surface area contributed by atoms with E-state index >= 15 is 0 Å². The Hall–Kier alpha value is -3.02. The molecule has 2 aliphatic heterocycles. The summed E-state index contributed by atoms with van der Waals surface area (Å²) in [6, 6.07) is 17.4. The maximum Gasteiger partial charge on any atom is 0.228 e. The van der Waals surface area contributed by atoms with Crippen molar-refractivity contribution >= 4 is 17.5 Å². The number of rotatable bonds is 5. The zero-order chi connectivity index (χ0) is 20.2. The van der Waals surface area contributed by atoms with Crippen LogP contribution in [-0.4, -0.2) is 66.0 Å². The lowest BCUT2D eigenvalue weighted by Crippen LogP contribution is -2.50. The first-order valence-electron chi connectivity index (χ1n) is 10.3. The van der Waals surface area contributed by atoms with Crippen molar-refractivity contribution in [2.24, 2.45) is 5.92 Å². The lowest BCUT2D eigenvalue weighted by atomic mass is 10.1. The SMILES string of the molecule is O=C1CC(C(=O)N2CCN(c3ccccc3O)CC2)CN1CCc1ccccc1. The van der Waals surface area contributed by atoms with Crippen molar-refractivity contribution in [1.29, 1.82) is 0 Å². The van der Waals surface area contributed by atoms with Crippen LogP contribution in [0.4, 0.5) is 5.69 Å². The van der Waals surface area contributed by atoms with E-state index in [2.05, 4.69) is 17.0 Å². The molecule has 2 aliphatic rings. The fourth-order valence-corrected chi connectivity index (χ4v) is 4.22. The molecular weight excluding hydrogens is 366 g/mol. The predicted molar refractivity (Wildman–Crippen MR) is 112 cm³/mol. The standard InChI is InChI=1S/C23H27N3O3/c27-21-9-5-4-8-20(21)24-12-14-25(15-13-24)23(29)19-16-22(28)26(17-19)11-10-18-6-2-1-3-7-18/h1-9,19,27H,10-17H2. The number of hydrogen-bond donors (Lipinski definition) is 1. The Balaban J connectivity index is 1.29. The molecule has 29 heavy (non-hydrogen) atoms. The van der Waals surface area contributed by atoms with Crippen molar-refractivity contribution in [2.45, 2.75) is 12.8 Å². The van der Waals surface area contributed by atoms with Gasteiger partial charge in [-0.2, -0.15) is 0 Å². The van der Waals surface area contributed by atoms with Crippen LogP contribution < -0.4 is 4.90 Å². The van der Waals surface area contributed by atoms with Gasteiger partial charge in [-0.15, -0.1) is 0 Å². The van der Waals surface area contributed by atoms with Gasteiger partial charge >= 0.3 is 0 Å². The van der Waals surface area contributed by atoms with Crippen LogP contribution >= 0.6 is 0 Å². The summed E-state index contributed by atoms with van der Waals surface area (Å²) in [7, 11) is 0. The van der Waals surface area contributed by atoms with E-state index in [0.717, 1.165) is 12.1 Å². The summed E-state index contributed by atoms with van der Waals surface area (Å²) in [5.41, 5.74) is 2.01. The molecule has 2 saturated heterocycles. The second-order valence-corrected chi connectivity index (χ2v) is 7.78. The van der Waals surface area contributed by atoms with E-state index in [0.29, 0.717) is 45.7 Å². The Kier molecular flexibility index (Phi) is 5.69. The van der Waals surface area contributed by atoms with Gasteiger partial charge < -0.3 is 19.8 Å². The monoisotopic (exact) mass is 393 g/mol. The molecule has 0 bridgehead atoms. The summed E-state index contributed by atoms with van der Waals surface area (Å²) in [5, 5.41) is 10.0. The summed E-state index contributed by atoms with van der Waals surface area (Å²) in [4.78, 5) is 31.1. The molecule has 2 fully saturated rings. The molecule has 4 rings (SSSR count). The van der Waals surface area contributed by atoms with Gasteiger partial charge in [0.25, 0.3) is 0 Å². The predicted octanol–water partition coefficient (Wildman–Crippen LogP) is 2.13. The molecule has 6 nitrogen and oxygen atoms in total. The van der Waals surface area contributed by atoms with Crippen molar-refractivity contribution in [3.8, 4) is 5.75 Å². The van der Waals surface area contributed by atoms with E-state index in [1.54, 1.807) is 12.1 Å². The topological polar surface area (TPSA) is 64.1 Å². The molecule has 0 spiro atoms. The molecule has 0 saturated carbocycles. The number of anilines is 1. The average Bonchev–Trinajstić information content (AvgIpc) is 3.13. The van der Waals surface area contributed by atoms with Crippen molar-refractivity contribution < 1.29 is 14.7 Å². The summed E-state index contributed by atoms with van der Waals surface area (Å²) in [6.45, 7) is 3.77. The fourth-order valence-electron chi connectivity index (χ4n) is 4.22. The Labute approximate surface area is 171 Å². The molecule has 2 aromatic carbocycles. The number of nitrogens with zero attached hydrogens (tertiary/aromatic N) is 3. The summed E-state index contributed by atoms with van der Waals surface area (Å²) >= 11 is 0. The maximum atomic E-state index is 13.0. The molecule has 0 aromatic heterocycles. The number of likely N-dealkylation sites (tertiary alicyclic amines) is 1. The van der Waals surface area contributed by atoms with Crippen LogP contribution in [0.15, 0.2) is 54.6 Å². The first-order valence-corrected chi connectivity index (χ1v) is 10.3. The molecule has 2 amide bonds. The molecule has 1 N–H and O–H groups in total. The minimum absolute atomic E-state index is 0.0760. The molecule has 1 unspecified atom stereocenters. The van der Waals surface area contributed by atoms with Crippen LogP contribution in [0, 0.1) is 5.92 Å². The number of benzene rings is 2. The van der Waals surface area contributed by atoms with E-state index in [1.807, 2.05) is 40.1 Å². The van der Waals surface area contributed by atoms with Gasteiger partial charge in [-0.1, -0.05) is 42.5 Å². The normalized spacial score (nSPS) is 19.7. The van der Waals surface area contributed by atoms with Crippen LogP contribution in [0.2, 0.25) is 0 Å². The molecule has 0 aliphatic carbocycles. The van der Waals surface area contributed by atoms with Gasteiger partial charge in [0.05, 0.1) is 11.6 Å². The van der Waals surface area contributed by atoms with E-state index in [-0.39, 0.29) is 23.5 Å². The third kappa shape index (κ3) is 4.36. The van der Waals surface area contributed by atoms with Crippen LogP contribution in [0.5, 0.6) is 5.75 Å². The fraction of sp³-hybridized carbons (Fsp3) is 0.391. The second-order valence-electron chi connectivity index (χ2n) is 7.78. The molecule has 6 heteroatoms. The molecular formula is C23H27N3O3. The first kappa shape index (κ1) is 19.3. The van der Waals surface area contributed by atoms with Gasteiger partial charge in [-0.25, -0.2) is 0 Å². The van der Waals surface area contributed by atoms with Gasteiger partial charge in [0, 0.05) is 45.7 Å². The van der Waals surface area contributed by atoms with Crippen LogP contribution in [0.1, 0.15) is 12.0 Å². The van der Waals surface area contributed by atoms with Crippen LogP contribution in [-0.2, 0) is 16.0 Å². The average molecular weight is 393 g/mol. The number of amides is 2. The zero-order valence-corrected chi connectivity index (χ0v) is 16.5. The van der Waals surface area contributed by atoms with Crippen LogP contribution in [0.25, 0.3) is 0 Å². The highest BCUT2D eigenvalue weighted by Crippen LogP contribution is 2.28. The Morgan fingerprint density at radius 3 is 2.38 bits per heavy atom.